The van der Waals surface area contributed by atoms with Crippen LogP contribution in [0.5, 0.6) is 23.0 Å². The van der Waals surface area contributed by atoms with Crippen LogP contribution in [0.25, 0.3) is 0 Å². The molecule has 0 aliphatic heterocycles. The Morgan fingerprint density at radius 2 is 1.13 bits per heavy atom. The van der Waals surface area contributed by atoms with E-state index in [1.54, 1.807) is 43.3 Å². The summed E-state index contributed by atoms with van der Waals surface area (Å²) in [6, 6.07) is 12.7. The molecule has 0 bridgehead atoms. The summed E-state index contributed by atoms with van der Waals surface area (Å²) in [6.45, 7) is 3.96. The van der Waals surface area contributed by atoms with Crippen LogP contribution in [-0.2, 0) is 6.42 Å². The number of aromatic hydroxyl groups is 4. The van der Waals surface area contributed by atoms with Crippen molar-refractivity contribution in [1.29, 1.82) is 0 Å². The van der Waals surface area contributed by atoms with Crippen LogP contribution in [0.15, 0.2) is 48.5 Å². The van der Waals surface area contributed by atoms with Gasteiger partial charge >= 0.3 is 7.12 Å². The zero-order chi connectivity index (χ0) is 28.4. The molecule has 3 rings (SSSR count). The van der Waals surface area contributed by atoms with Crippen molar-refractivity contribution in [2.75, 3.05) is 0 Å². The molecule has 0 aromatic heterocycles. The summed E-state index contributed by atoms with van der Waals surface area (Å²) in [5.74, 6) is -0.860. The first-order chi connectivity index (χ1) is 18.7. The predicted octanol–water partition coefficient (Wildman–Crippen LogP) is 6.14. The van der Waals surface area contributed by atoms with Gasteiger partial charge in [0.05, 0.1) is 0 Å². The Labute approximate surface area is 232 Å². The van der Waals surface area contributed by atoms with E-state index >= 15 is 0 Å². The first-order valence-corrected chi connectivity index (χ1v) is 14.3. The molecule has 1 atom stereocenters. The van der Waals surface area contributed by atoms with E-state index in [4.69, 9.17) is 0 Å². The predicted molar refractivity (Wildman–Crippen MR) is 157 cm³/mol. The summed E-state index contributed by atoms with van der Waals surface area (Å²) in [6.07, 6.45) is 12.8. The van der Waals surface area contributed by atoms with E-state index in [1.807, 2.05) is 0 Å². The molecule has 0 saturated carbocycles. The maximum Gasteiger partial charge on any atom is 0.488 e. The molecular formula is C32H43BO6. The highest BCUT2D eigenvalue weighted by Crippen LogP contribution is 2.44. The molecule has 3 aromatic carbocycles. The van der Waals surface area contributed by atoms with Crippen molar-refractivity contribution in [2.24, 2.45) is 0 Å². The summed E-state index contributed by atoms with van der Waals surface area (Å²) in [4.78, 5) is 0. The van der Waals surface area contributed by atoms with E-state index < -0.39 is 13.0 Å². The maximum absolute atomic E-state index is 10.9. The van der Waals surface area contributed by atoms with Crippen LogP contribution < -0.4 is 5.46 Å². The van der Waals surface area contributed by atoms with Crippen molar-refractivity contribution in [2.45, 2.75) is 90.4 Å². The number of phenols is 4. The van der Waals surface area contributed by atoms with Crippen molar-refractivity contribution in [1.82, 2.24) is 0 Å². The fourth-order valence-corrected chi connectivity index (χ4v) is 5.20. The fourth-order valence-electron chi connectivity index (χ4n) is 5.20. The van der Waals surface area contributed by atoms with Crippen LogP contribution in [0.1, 0.15) is 105 Å². The van der Waals surface area contributed by atoms with E-state index in [0.717, 1.165) is 24.8 Å². The number of phenolic OH excluding ortho intramolecular Hbond substituents is 4. The number of unbranched alkanes of at least 4 members (excludes halogenated alkanes) is 9. The number of rotatable bonds is 15. The zero-order valence-electron chi connectivity index (χ0n) is 23.2. The number of benzene rings is 3. The van der Waals surface area contributed by atoms with Gasteiger partial charge < -0.3 is 30.5 Å². The van der Waals surface area contributed by atoms with Gasteiger partial charge in [-0.2, -0.15) is 0 Å². The molecule has 0 saturated heterocycles. The second-order valence-electron chi connectivity index (χ2n) is 10.6. The normalized spacial score (nSPS) is 12.0. The molecule has 3 aromatic rings. The second-order valence-corrected chi connectivity index (χ2v) is 10.6. The smallest absolute Gasteiger partial charge is 0.488 e. The minimum absolute atomic E-state index is 0.0367. The molecular weight excluding hydrogens is 491 g/mol. The zero-order valence-corrected chi connectivity index (χ0v) is 23.2. The second kappa shape index (κ2) is 14.8. The summed E-state index contributed by atoms with van der Waals surface area (Å²) in [5.41, 5.74) is 3.30. The minimum atomic E-state index is -1.61. The molecule has 1 unspecified atom stereocenters. The minimum Gasteiger partial charge on any atom is -0.508 e. The van der Waals surface area contributed by atoms with Crippen LogP contribution in [-0.4, -0.2) is 37.6 Å². The van der Waals surface area contributed by atoms with Crippen LogP contribution >= 0.6 is 0 Å². The molecule has 6 nitrogen and oxygen atoms in total. The van der Waals surface area contributed by atoms with E-state index in [0.29, 0.717) is 34.1 Å². The topological polar surface area (TPSA) is 121 Å². The van der Waals surface area contributed by atoms with Gasteiger partial charge in [0.2, 0.25) is 0 Å². The van der Waals surface area contributed by atoms with Gasteiger partial charge in [0.1, 0.15) is 23.0 Å². The first kappa shape index (κ1) is 30.4. The van der Waals surface area contributed by atoms with Crippen molar-refractivity contribution in [3.8, 4) is 23.0 Å². The molecule has 6 N–H and O–H groups in total. The van der Waals surface area contributed by atoms with E-state index in [1.165, 1.54) is 57.1 Å². The monoisotopic (exact) mass is 534 g/mol. The van der Waals surface area contributed by atoms with Gasteiger partial charge in [-0.3, -0.25) is 0 Å². The lowest BCUT2D eigenvalue weighted by atomic mass is 9.77. The molecule has 0 heterocycles. The number of hydrogen-bond donors (Lipinski definition) is 6. The molecule has 0 amide bonds. The van der Waals surface area contributed by atoms with E-state index in [9.17, 15) is 30.5 Å². The van der Waals surface area contributed by atoms with Crippen molar-refractivity contribution in [3.05, 3.63) is 76.3 Å². The summed E-state index contributed by atoms with van der Waals surface area (Å²) < 4.78 is 0. The Hall–Kier alpha value is -3.16. The number of hydrogen-bond acceptors (Lipinski definition) is 6. The Morgan fingerprint density at radius 1 is 0.615 bits per heavy atom. The Bertz CT molecular complexity index is 1190. The standard InChI is InChI=1S/C32H43BO6/c1-3-4-5-6-7-8-9-10-11-12-13-24-19-27(31(37)21-29(24)35)32(23-14-16-25(17-15-23)33(38)39)26-18-22(2)28(34)20-30(26)36/h14-21,32,34-39H,3-13H2,1-2H3. The van der Waals surface area contributed by atoms with Gasteiger partial charge in [0.25, 0.3) is 0 Å². The summed E-state index contributed by atoms with van der Waals surface area (Å²) in [5, 5.41) is 61.5. The van der Waals surface area contributed by atoms with Gasteiger partial charge in [-0.25, -0.2) is 0 Å². The number of aryl methyl sites for hydroxylation is 2. The van der Waals surface area contributed by atoms with Gasteiger partial charge in [0.15, 0.2) is 0 Å². The van der Waals surface area contributed by atoms with Crippen molar-refractivity contribution in [3.63, 3.8) is 0 Å². The van der Waals surface area contributed by atoms with Gasteiger partial charge in [0, 0.05) is 29.2 Å². The molecule has 210 valence electrons. The van der Waals surface area contributed by atoms with Crippen LogP contribution in [0, 0.1) is 6.92 Å². The van der Waals surface area contributed by atoms with Crippen LogP contribution in [0.2, 0.25) is 0 Å². The molecule has 0 aliphatic rings. The maximum atomic E-state index is 10.9. The Balaban J connectivity index is 1.82. The highest BCUT2D eigenvalue weighted by molar-refractivity contribution is 6.58. The third kappa shape index (κ3) is 8.41. The lowest BCUT2D eigenvalue weighted by Gasteiger charge is -2.23. The van der Waals surface area contributed by atoms with Crippen molar-refractivity contribution < 1.29 is 30.5 Å². The van der Waals surface area contributed by atoms with Crippen LogP contribution in [0.3, 0.4) is 0 Å². The molecule has 7 heteroatoms. The molecule has 39 heavy (non-hydrogen) atoms. The third-order valence-corrected chi connectivity index (χ3v) is 7.56. The quantitative estimate of drug-likeness (QED) is 0.0792. The highest BCUT2D eigenvalue weighted by Gasteiger charge is 2.26. The Kier molecular flexibility index (Phi) is 11.6. The average molecular weight is 535 g/mol. The first-order valence-electron chi connectivity index (χ1n) is 14.3. The largest absolute Gasteiger partial charge is 0.508 e. The average Bonchev–Trinajstić information content (AvgIpc) is 2.90. The molecule has 0 fully saturated rings. The summed E-state index contributed by atoms with van der Waals surface area (Å²) in [7, 11) is -1.61. The molecule has 0 aliphatic carbocycles. The van der Waals surface area contributed by atoms with Crippen molar-refractivity contribution >= 4 is 12.6 Å². The molecule has 0 spiro atoms. The SMILES string of the molecule is CCCCCCCCCCCCc1cc(C(c2ccc(B(O)O)cc2)c2cc(C)c(O)cc2O)c(O)cc1O. The molecule has 0 radical (unpaired) electrons. The Morgan fingerprint density at radius 3 is 1.69 bits per heavy atom. The van der Waals surface area contributed by atoms with Gasteiger partial charge in [-0.1, -0.05) is 89.0 Å². The third-order valence-electron chi connectivity index (χ3n) is 7.56. The van der Waals surface area contributed by atoms with Gasteiger partial charge in [-0.05, 0) is 54.1 Å². The van der Waals surface area contributed by atoms with Crippen LogP contribution in [0.4, 0.5) is 0 Å². The van der Waals surface area contributed by atoms with Gasteiger partial charge in [-0.15, -0.1) is 0 Å². The summed E-state index contributed by atoms with van der Waals surface area (Å²) >= 11 is 0. The van der Waals surface area contributed by atoms with E-state index in [-0.39, 0.29) is 23.0 Å². The fraction of sp³-hybridized carbons (Fsp3) is 0.438. The highest BCUT2D eigenvalue weighted by atomic mass is 16.4. The van der Waals surface area contributed by atoms with E-state index in [2.05, 4.69) is 6.92 Å². The lowest BCUT2D eigenvalue weighted by molar-refractivity contribution is 0.425. The lowest BCUT2D eigenvalue weighted by Crippen LogP contribution is -2.29.